The molecule has 4 unspecified atom stereocenters. The summed E-state index contributed by atoms with van der Waals surface area (Å²) in [7, 11) is -12.0. The number of phosphoric acid groups is 3. The molecule has 42 heteroatoms. The number of ether oxygens (including phenoxy) is 4. The molecule has 37 nitrogen and oxygen atoms in total. The van der Waals surface area contributed by atoms with Gasteiger partial charge in [-0.1, -0.05) is 4.98 Å². The van der Waals surface area contributed by atoms with Gasteiger partial charge in [0.1, 0.15) is 48.5 Å². The van der Waals surface area contributed by atoms with E-state index in [4.69, 9.17) is 44.0 Å². The van der Waals surface area contributed by atoms with Crippen molar-refractivity contribution in [1.82, 2.24) is 48.5 Å². The Balaban J connectivity index is 0.951. The average Bonchev–Trinajstić information content (AvgIpc) is 4.13. The van der Waals surface area contributed by atoms with Crippen molar-refractivity contribution in [2.45, 2.75) is 73.9 Å². The number of phosphoric ester groups is 2. The number of nitrogens with one attached hydrogen (secondary N) is 2. The standard InChI is InChI=1S/C35H49N13O24P4S/c1-44(2)19(50)7-14-15(67-31(22(14)51)48-13-45(3)21-29(48)42-34(37)43-30(21)54)8-66-74(58,59)71-75(60,61)72-76(62,63)77-10-17-25(26(64-4)33(69-17)47-12-40-20-27(36)38-11-39-28(20)47)70-73(56,57)65-9-16-23(52)24(53)32(68-16)46-6-5-18(49)41-35(46)55/h5-6,11-17,22-26,31-33,51-53H,7-10H2,1-4H3,(H9-,36,37,38,39,41,42,43,49,54,55,56,57,58,59,60,61,62,63)/p+1/t14-,15-,16-,17-,22-,23-,24-,25-,26-,31-,32-,33-/m1/s1. The lowest BCUT2D eigenvalue weighted by Crippen LogP contribution is -2.45. The van der Waals surface area contributed by atoms with E-state index in [9.17, 15) is 72.3 Å². The Bertz CT molecular complexity index is 3420. The Labute approximate surface area is 433 Å². The van der Waals surface area contributed by atoms with Gasteiger partial charge in [-0.3, -0.25) is 51.6 Å². The zero-order valence-electron chi connectivity index (χ0n) is 40.1. The van der Waals surface area contributed by atoms with Crippen LogP contribution in [-0.4, -0.2) is 178 Å². The van der Waals surface area contributed by atoms with Gasteiger partial charge in [-0.05, 0) is 11.4 Å². The second-order valence-electron chi connectivity index (χ2n) is 17.4. The number of carbonyl (C=O) groups excluding carboxylic acids is 1. The molecule has 3 fully saturated rings. The number of H-pyrrole nitrogens is 2. The van der Waals surface area contributed by atoms with Crippen molar-refractivity contribution in [3.63, 3.8) is 0 Å². The average molecular weight is 1190 g/mol. The van der Waals surface area contributed by atoms with Crippen LogP contribution < -0.4 is 32.8 Å². The summed E-state index contributed by atoms with van der Waals surface area (Å²) in [4.78, 5) is 114. The predicted octanol–water partition coefficient (Wildman–Crippen LogP) is -3.43. The number of anilines is 2. The minimum absolute atomic E-state index is 0.00192. The number of nitrogens with zero attached hydrogens (tertiary/aromatic N) is 9. The highest BCUT2D eigenvalue weighted by Crippen LogP contribution is 2.72. The van der Waals surface area contributed by atoms with E-state index in [0.29, 0.717) is 0 Å². The molecule has 424 valence electrons. The number of methoxy groups -OCH3 is 1. The Kier molecular flexibility index (Phi) is 17.0. The third-order valence-electron chi connectivity index (χ3n) is 12.1. The number of hydrogen-bond donors (Lipinski definition) is 11. The van der Waals surface area contributed by atoms with Gasteiger partial charge in [-0.25, -0.2) is 42.6 Å². The second-order valence-corrected chi connectivity index (χ2v) is 25.9. The molecule has 0 aromatic carbocycles. The first-order valence-corrected chi connectivity index (χ1v) is 29.7. The summed E-state index contributed by atoms with van der Waals surface area (Å²) >= 11 is -0.176. The van der Waals surface area contributed by atoms with Crippen LogP contribution in [0.4, 0.5) is 11.8 Å². The smallest absolute Gasteiger partial charge is 0.387 e. The zero-order valence-corrected chi connectivity index (χ0v) is 44.5. The van der Waals surface area contributed by atoms with Crippen LogP contribution in [0.5, 0.6) is 0 Å². The predicted molar refractivity (Wildman–Crippen MR) is 255 cm³/mol. The lowest BCUT2D eigenvalue weighted by atomic mass is 9.94. The molecule has 3 aliphatic heterocycles. The summed E-state index contributed by atoms with van der Waals surface area (Å²) in [6, 6.07) is 0.929. The quantitative estimate of drug-likeness (QED) is 0.0252. The number of imidazole rings is 2. The summed E-state index contributed by atoms with van der Waals surface area (Å²) in [5.41, 5.74) is 9.27. The van der Waals surface area contributed by atoms with Crippen LogP contribution in [0.25, 0.3) is 22.3 Å². The first-order valence-electron chi connectivity index (χ1n) is 22.1. The third kappa shape index (κ3) is 12.7. The Morgan fingerprint density at radius 2 is 1.55 bits per heavy atom. The number of rotatable bonds is 21. The molecule has 0 spiro atoms. The van der Waals surface area contributed by atoms with E-state index in [2.05, 4.69) is 33.5 Å². The van der Waals surface area contributed by atoms with Crippen LogP contribution in [0.1, 0.15) is 25.1 Å². The van der Waals surface area contributed by atoms with Gasteiger partial charge in [0.2, 0.25) is 17.7 Å². The Morgan fingerprint density at radius 3 is 2.23 bits per heavy atom. The largest absolute Gasteiger partial charge is 0.488 e. The van der Waals surface area contributed by atoms with Crippen molar-refractivity contribution in [3.8, 4) is 0 Å². The van der Waals surface area contributed by atoms with Gasteiger partial charge in [-0.2, -0.15) is 8.62 Å². The van der Waals surface area contributed by atoms with Gasteiger partial charge >= 0.3 is 41.6 Å². The molecule has 3 aliphatic rings. The van der Waals surface area contributed by atoms with Crippen LogP contribution in [0.2, 0.25) is 0 Å². The number of amides is 1. The number of aliphatic hydroxyl groups excluding tert-OH is 3. The van der Waals surface area contributed by atoms with Crippen molar-refractivity contribution >= 4 is 81.6 Å². The van der Waals surface area contributed by atoms with E-state index in [1.165, 1.54) is 52.4 Å². The maximum atomic E-state index is 13.6. The van der Waals surface area contributed by atoms with Gasteiger partial charge in [-0.15, -0.1) is 0 Å². The summed E-state index contributed by atoms with van der Waals surface area (Å²) < 4.78 is 106. The van der Waals surface area contributed by atoms with Gasteiger partial charge < -0.3 is 70.2 Å². The maximum Gasteiger partial charge on any atom is 0.488 e. The fraction of sp³-hybridized carbons (Fsp3) is 0.571. The molecular weight excluding hydrogens is 1140 g/mol. The molecule has 3 saturated heterocycles. The van der Waals surface area contributed by atoms with Crippen LogP contribution in [-0.2, 0) is 71.2 Å². The highest BCUT2D eigenvalue weighted by atomic mass is 32.7. The monoisotopic (exact) mass is 1190 g/mol. The van der Waals surface area contributed by atoms with E-state index in [0.717, 1.165) is 30.3 Å². The van der Waals surface area contributed by atoms with E-state index in [1.807, 2.05) is 4.98 Å². The number of aromatic nitrogens is 10. The SMILES string of the molecule is CO[C@@H]1[C@H](OP(=O)(O)OC[C@H]2O[C@@H](n3ccc(=O)[nH]c3=O)[C@H](O)[C@@H]2O)[C@@H](CSP(=O)(O)OP(=O)(O)OP(=O)(O)OC[C@H]2O[C@@H]([n+]3cn(C)c4c(=O)[nH]c(N)nc43)[C@H](O)[C@@H]2CC(=O)N(C)C)O[C@H]1n1cnc2c(N)ncnc21. The molecule has 8 rings (SSSR count). The third-order valence-corrected chi connectivity index (χ3v) is 19.6. The molecular formula is C35H50N13O24P4S+. The molecule has 5 aromatic rings. The molecule has 0 radical (unpaired) electrons. The van der Waals surface area contributed by atoms with Gasteiger partial charge in [0.25, 0.3) is 17.1 Å². The number of carbonyl (C=O) groups is 1. The molecule has 77 heavy (non-hydrogen) atoms. The van der Waals surface area contributed by atoms with Gasteiger partial charge in [0.15, 0.2) is 30.2 Å². The summed E-state index contributed by atoms with van der Waals surface area (Å²) in [6.07, 6.45) is -13.7. The highest BCUT2D eigenvalue weighted by molar-refractivity contribution is 8.55. The van der Waals surface area contributed by atoms with Gasteiger partial charge in [0.05, 0.1) is 38.8 Å². The van der Waals surface area contributed by atoms with E-state index >= 15 is 0 Å². The summed E-state index contributed by atoms with van der Waals surface area (Å²) in [6.45, 7) is -7.61. The summed E-state index contributed by atoms with van der Waals surface area (Å²) in [5.74, 6) is -3.00. The highest BCUT2D eigenvalue weighted by Gasteiger charge is 2.54. The fourth-order valence-electron chi connectivity index (χ4n) is 8.51. The number of aryl methyl sites for hydroxylation is 1. The first-order chi connectivity index (χ1) is 36.0. The molecule has 8 heterocycles. The lowest BCUT2D eigenvalue weighted by molar-refractivity contribution is -0.745. The topological polar surface area (TPSA) is 518 Å². The van der Waals surface area contributed by atoms with Crippen molar-refractivity contribution in [3.05, 3.63) is 62.4 Å². The van der Waals surface area contributed by atoms with Crippen molar-refractivity contribution in [1.29, 1.82) is 0 Å². The Hall–Kier alpha value is -4.72. The zero-order chi connectivity index (χ0) is 56.3. The number of nitrogen functional groups attached to an aromatic ring is 2. The van der Waals surface area contributed by atoms with Crippen LogP contribution in [0, 0.1) is 5.92 Å². The van der Waals surface area contributed by atoms with Crippen LogP contribution >= 0.6 is 41.6 Å². The fourth-order valence-corrected chi connectivity index (χ4v) is 15.4. The molecule has 13 N–H and O–H groups in total. The normalized spacial score (nSPS) is 29.8. The number of nitrogens with two attached hydrogens (primary N) is 2. The number of hydrogen-bond acceptors (Lipinski definition) is 27. The minimum Gasteiger partial charge on any atom is -0.387 e. The van der Waals surface area contributed by atoms with E-state index in [1.54, 1.807) is 0 Å². The van der Waals surface area contributed by atoms with Crippen molar-refractivity contribution in [2.24, 2.45) is 13.0 Å². The molecule has 0 saturated carbocycles. The summed E-state index contributed by atoms with van der Waals surface area (Å²) in [5, 5.41) is 32.8. The van der Waals surface area contributed by atoms with Gasteiger partial charge in [0, 0.05) is 51.6 Å². The number of aliphatic hydroxyl groups is 3. The molecule has 0 aliphatic carbocycles. The first kappa shape index (κ1) is 58.4. The second kappa shape index (κ2) is 22.4. The van der Waals surface area contributed by atoms with E-state index < -0.39 is 152 Å². The molecule has 5 aromatic heterocycles. The van der Waals surface area contributed by atoms with Crippen LogP contribution in [0.15, 0.2) is 45.6 Å². The van der Waals surface area contributed by atoms with Crippen molar-refractivity contribution < 1.29 is 104 Å². The number of aromatic amines is 2. The minimum atomic E-state index is -6.13. The Morgan fingerprint density at radius 1 is 0.857 bits per heavy atom. The number of fused-ring (bicyclic) bond motifs is 2. The molecule has 16 atom stereocenters. The van der Waals surface area contributed by atoms with Crippen LogP contribution in [0.3, 0.4) is 0 Å². The maximum absolute atomic E-state index is 13.6. The molecule has 1 amide bonds. The van der Waals surface area contributed by atoms with E-state index in [-0.39, 0.29) is 45.5 Å². The lowest BCUT2D eigenvalue weighted by Gasteiger charge is -2.26. The molecule has 0 bridgehead atoms. The van der Waals surface area contributed by atoms with Crippen molar-refractivity contribution in [2.75, 3.05) is 51.6 Å².